The third-order valence-electron chi connectivity index (χ3n) is 3.93. The van der Waals surface area contributed by atoms with E-state index in [2.05, 4.69) is 15.6 Å². The van der Waals surface area contributed by atoms with Crippen LogP contribution < -0.4 is 10.6 Å². The molecule has 0 aromatic carbocycles. The summed E-state index contributed by atoms with van der Waals surface area (Å²) in [7, 11) is 0. The van der Waals surface area contributed by atoms with E-state index in [0.29, 0.717) is 18.0 Å². The van der Waals surface area contributed by atoms with Crippen molar-refractivity contribution in [2.45, 2.75) is 57.9 Å². The van der Waals surface area contributed by atoms with Crippen molar-refractivity contribution >= 4 is 28.5 Å². The van der Waals surface area contributed by atoms with Crippen LogP contribution in [-0.4, -0.2) is 27.6 Å². The van der Waals surface area contributed by atoms with Gasteiger partial charge in [0.2, 0.25) is 0 Å². The highest BCUT2D eigenvalue weighted by molar-refractivity contribution is 7.15. The van der Waals surface area contributed by atoms with Crippen molar-refractivity contribution in [2.24, 2.45) is 0 Å². The molecule has 1 aromatic heterocycles. The first-order valence-electron chi connectivity index (χ1n) is 7.15. The SMILES string of the molecule is Cc1nc(NC(=O)NC2(CC(=O)O)CCCCC2)sc1C. The molecule has 6 nitrogen and oxygen atoms in total. The molecule has 0 radical (unpaired) electrons. The Morgan fingerprint density at radius 1 is 1.29 bits per heavy atom. The molecule has 1 aromatic rings. The van der Waals surface area contributed by atoms with Gasteiger partial charge in [0.1, 0.15) is 0 Å². The third-order valence-corrected chi connectivity index (χ3v) is 4.92. The number of amides is 2. The summed E-state index contributed by atoms with van der Waals surface area (Å²) in [6.45, 7) is 3.84. The lowest BCUT2D eigenvalue weighted by atomic mass is 9.79. The summed E-state index contributed by atoms with van der Waals surface area (Å²) in [6, 6.07) is -0.369. The predicted octanol–water partition coefficient (Wildman–Crippen LogP) is 3.06. The van der Waals surface area contributed by atoms with Crippen LogP contribution in [0.3, 0.4) is 0 Å². The number of aryl methyl sites for hydroxylation is 2. The fraction of sp³-hybridized carbons (Fsp3) is 0.643. The maximum atomic E-state index is 12.1. The molecule has 1 heterocycles. The summed E-state index contributed by atoms with van der Waals surface area (Å²) >= 11 is 1.42. The number of hydrogen-bond acceptors (Lipinski definition) is 4. The molecule has 0 aliphatic heterocycles. The van der Waals surface area contributed by atoms with Crippen LogP contribution in [0.5, 0.6) is 0 Å². The van der Waals surface area contributed by atoms with Crippen molar-refractivity contribution in [2.75, 3.05) is 5.32 Å². The number of nitrogens with one attached hydrogen (secondary N) is 2. The molecule has 0 unspecified atom stereocenters. The zero-order valence-electron chi connectivity index (χ0n) is 12.4. The third kappa shape index (κ3) is 4.17. The van der Waals surface area contributed by atoms with Crippen LogP contribution in [0.25, 0.3) is 0 Å². The number of nitrogens with zero attached hydrogens (tertiary/aromatic N) is 1. The smallest absolute Gasteiger partial charge is 0.321 e. The second-order valence-corrected chi connectivity index (χ2v) is 6.85. The highest BCUT2D eigenvalue weighted by atomic mass is 32.1. The molecule has 21 heavy (non-hydrogen) atoms. The van der Waals surface area contributed by atoms with Crippen molar-refractivity contribution < 1.29 is 14.7 Å². The zero-order valence-corrected chi connectivity index (χ0v) is 13.2. The van der Waals surface area contributed by atoms with Gasteiger partial charge in [-0.05, 0) is 26.7 Å². The summed E-state index contributed by atoms with van der Waals surface area (Å²) in [6.07, 6.45) is 4.38. The highest BCUT2D eigenvalue weighted by Crippen LogP contribution is 2.31. The number of hydrogen-bond donors (Lipinski definition) is 3. The number of carbonyl (C=O) groups excluding carboxylic acids is 1. The van der Waals surface area contributed by atoms with Crippen molar-refractivity contribution in [3.05, 3.63) is 10.6 Å². The fourth-order valence-electron chi connectivity index (χ4n) is 2.76. The lowest BCUT2D eigenvalue weighted by Crippen LogP contribution is -2.52. The first-order chi connectivity index (χ1) is 9.90. The minimum Gasteiger partial charge on any atom is -0.481 e. The highest BCUT2D eigenvalue weighted by Gasteiger charge is 2.36. The van der Waals surface area contributed by atoms with Gasteiger partial charge in [-0.25, -0.2) is 9.78 Å². The Bertz CT molecular complexity index is 516. The Kier molecular flexibility index (Phi) is 4.82. The van der Waals surface area contributed by atoms with Gasteiger partial charge in [-0.3, -0.25) is 10.1 Å². The van der Waals surface area contributed by atoms with E-state index in [1.165, 1.54) is 11.3 Å². The lowest BCUT2D eigenvalue weighted by Gasteiger charge is -2.36. The average molecular weight is 311 g/mol. The van der Waals surface area contributed by atoms with Crippen LogP contribution in [0.1, 0.15) is 49.1 Å². The van der Waals surface area contributed by atoms with Gasteiger partial charge in [0.15, 0.2) is 5.13 Å². The molecular formula is C14H21N3O3S. The number of rotatable bonds is 4. The molecule has 1 saturated carbocycles. The Morgan fingerprint density at radius 2 is 1.95 bits per heavy atom. The maximum Gasteiger partial charge on any atom is 0.321 e. The molecule has 0 bridgehead atoms. The van der Waals surface area contributed by atoms with E-state index in [9.17, 15) is 9.59 Å². The molecule has 1 aliphatic carbocycles. The molecule has 2 amide bonds. The lowest BCUT2D eigenvalue weighted by molar-refractivity contribution is -0.138. The van der Waals surface area contributed by atoms with Crippen molar-refractivity contribution in [1.29, 1.82) is 0 Å². The molecule has 7 heteroatoms. The van der Waals surface area contributed by atoms with E-state index in [4.69, 9.17) is 5.11 Å². The molecule has 0 atom stereocenters. The Hall–Kier alpha value is -1.63. The van der Waals surface area contributed by atoms with Gasteiger partial charge in [-0.1, -0.05) is 19.3 Å². The number of carboxylic acid groups (broad SMARTS) is 1. The van der Waals surface area contributed by atoms with E-state index in [1.54, 1.807) is 0 Å². The number of urea groups is 1. The van der Waals surface area contributed by atoms with Gasteiger partial charge in [-0.2, -0.15) is 0 Å². The number of aliphatic carboxylic acids is 1. The Labute approximate surface area is 128 Å². The fourth-order valence-corrected chi connectivity index (χ4v) is 3.57. The number of carboxylic acids is 1. The van der Waals surface area contributed by atoms with E-state index >= 15 is 0 Å². The van der Waals surface area contributed by atoms with E-state index in [-0.39, 0.29) is 12.5 Å². The minimum atomic E-state index is -0.877. The normalized spacial score (nSPS) is 17.2. The van der Waals surface area contributed by atoms with Crippen LogP contribution >= 0.6 is 11.3 Å². The molecule has 1 fully saturated rings. The number of aromatic nitrogens is 1. The van der Waals surface area contributed by atoms with E-state index in [0.717, 1.165) is 29.8 Å². The van der Waals surface area contributed by atoms with Crippen molar-refractivity contribution in [3.63, 3.8) is 0 Å². The summed E-state index contributed by atoms with van der Waals surface area (Å²) in [4.78, 5) is 28.5. The van der Waals surface area contributed by atoms with Gasteiger partial charge in [0.25, 0.3) is 0 Å². The Morgan fingerprint density at radius 3 is 2.48 bits per heavy atom. The summed E-state index contributed by atoms with van der Waals surface area (Å²) in [5.41, 5.74) is 0.267. The van der Waals surface area contributed by atoms with Gasteiger partial charge in [0, 0.05) is 4.88 Å². The average Bonchev–Trinajstić information content (AvgIpc) is 2.67. The molecule has 1 aliphatic rings. The molecule has 0 spiro atoms. The quantitative estimate of drug-likeness (QED) is 0.797. The first-order valence-corrected chi connectivity index (χ1v) is 7.97. The maximum absolute atomic E-state index is 12.1. The first kappa shape index (κ1) is 15.8. The van der Waals surface area contributed by atoms with Crippen LogP contribution in [0.4, 0.5) is 9.93 Å². The largest absolute Gasteiger partial charge is 0.481 e. The van der Waals surface area contributed by atoms with Crippen molar-refractivity contribution in [3.8, 4) is 0 Å². The monoisotopic (exact) mass is 311 g/mol. The van der Waals surface area contributed by atoms with Crippen LogP contribution in [0.15, 0.2) is 0 Å². The predicted molar refractivity (Wildman–Crippen MR) is 81.8 cm³/mol. The molecule has 0 saturated heterocycles. The Balaban J connectivity index is 2.02. The van der Waals surface area contributed by atoms with E-state index < -0.39 is 11.5 Å². The second-order valence-electron chi connectivity index (χ2n) is 5.65. The number of anilines is 1. The summed E-state index contributed by atoms with van der Waals surface area (Å²) in [5.74, 6) is -0.877. The molecule has 116 valence electrons. The molecule has 2 rings (SSSR count). The van der Waals surface area contributed by atoms with Gasteiger partial charge in [0.05, 0.1) is 17.7 Å². The van der Waals surface area contributed by atoms with Crippen LogP contribution in [0, 0.1) is 13.8 Å². The summed E-state index contributed by atoms with van der Waals surface area (Å²) < 4.78 is 0. The van der Waals surface area contributed by atoms with E-state index in [1.807, 2.05) is 13.8 Å². The zero-order chi connectivity index (χ0) is 15.5. The van der Waals surface area contributed by atoms with Crippen LogP contribution in [-0.2, 0) is 4.79 Å². The van der Waals surface area contributed by atoms with Crippen molar-refractivity contribution in [1.82, 2.24) is 10.3 Å². The number of thiazole rings is 1. The van der Waals surface area contributed by atoms with Gasteiger partial charge < -0.3 is 10.4 Å². The standard InChI is InChI=1S/C14H21N3O3S/c1-9-10(2)21-13(15-9)16-12(20)17-14(8-11(18)19)6-4-3-5-7-14/h3-8H2,1-2H3,(H,18,19)(H2,15,16,17,20). The summed E-state index contributed by atoms with van der Waals surface area (Å²) in [5, 5.41) is 15.2. The minimum absolute atomic E-state index is 0.0314. The molecular weight excluding hydrogens is 290 g/mol. The number of carbonyl (C=O) groups is 2. The topological polar surface area (TPSA) is 91.3 Å². The molecule has 3 N–H and O–H groups in total. The van der Waals surface area contributed by atoms with Crippen LogP contribution in [0.2, 0.25) is 0 Å². The van der Waals surface area contributed by atoms with Gasteiger partial charge in [-0.15, -0.1) is 11.3 Å². The second kappa shape index (κ2) is 6.43. The van der Waals surface area contributed by atoms with Gasteiger partial charge >= 0.3 is 12.0 Å².